The van der Waals surface area contributed by atoms with Crippen LogP contribution in [0.5, 0.6) is 5.75 Å². The number of ether oxygens (including phenoxy) is 1. The third-order valence-corrected chi connectivity index (χ3v) is 5.56. The van der Waals surface area contributed by atoms with E-state index in [-0.39, 0.29) is 5.41 Å². The first-order valence-corrected chi connectivity index (χ1v) is 11.8. The van der Waals surface area contributed by atoms with Crippen LogP contribution in [0.25, 0.3) is 0 Å². The molecule has 0 saturated carbocycles. The van der Waals surface area contributed by atoms with Crippen molar-refractivity contribution in [3.63, 3.8) is 0 Å². The number of nitrogens with zero attached hydrogens (tertiary/aromatic N) is 1. The van der Waals surface area contributed by atoms with Crippen LogP contribution >= 0.6 is 0 Å². The van der Waals surface area contributed by atoms with Crippen LogP contribution in [-0.2, 0) is 15.0 Å². The quantitative estimate of drug-likeness (QED) is 0.324. The predicted molar refractivity (Wildman–Crippen MR) is 129 cm³/mol. The van der Waals surface area contributed by atoms with Crippen molar-refractivity contribution in [2.45, 2.75) is 71.3 Å². The van der Waals surface area contributed by atoms with Crippen LogP contribution in [0, 0.1) is 6.92 Å². The van der Waals surface area contributed by atoms with Crippen LogP contribution in [-0.4, -0.2) is 77.6 Å². The Morgan fingerprint density at radius 3 is 2.21 bits per heavy atom. The average molecular weight is 467 g/mol. The van der Waals surface area contributed by atoms with Gasteiger partial charge in [-0.15, -0.1) is 0 Å². The van der Waals surface area contributed by atoms with Crippen molar-refractivity contribution >= 4 is 11.9 Å². The molecule has 8 nitrogen and oxygen atoms in total. The standard InChI is InChI=1S/C23H40N2O2.C2H2O4/c1-19-16-20(23(2,3)4)10-11-22(19)27-18-21(26)17-24-12-9-15-25-13-7-5-6-8-14-25;3-1(4)2(5)6/h10-11,16,21,24,26H,5-9,12-15,17-18H2,1-4H3;(H,3,4)(H,5,6). The number of hydrogen-bond acceptors (Lipinski definition) is 6. The van der Waals surface area contributed by atoms with E-state index in [4.69, 9.17) is 24.5 Å². The Bertz CT molecular complexity index is 712. The molecule has 0 bridgehead atoms. The molecule has 0 radical (unpaired) electrons. The van der Waals surface area contributed by atoms with Crippen molar-refractivity contribution in [2.75, 3.05) is 39.3 Å². The van der Waals surface area contributed by atoms with Gasteiger partial charge >= 0.3 is 11.9 Å². The van der Waals surface area contributed by atoms with E-state index in [1.54, 1.807) is 0 Å². The molecule has 0 aromatic heterocycles. The molecular formula is C25H42N2O6. The highest BCUT2D eigenvalue weighted by atomic mass is 16.5. The van der Waals surface area contributed by atoms with Gasteiger partial charge in [0.2, 0.25) is 0 Å². The predicted octanol–water partition coefficient (Wildman–Crippen LogP) is 3.04. The molecule has 1 aromatic carbocycles. The van der Waals surface area contributed by atoms with Crippen LogP contribution in [0.1, 0.15) is 64.0 Å². The van der Waals surface area contributed by atoms with E-state index in [0.717, 1.165) is 24.3 Å². The number of aliphatic hydroxyl groups is 1. The van der Waals surface area contributed by atoms with E-state index in [9.17, 15) is 5.11 Å². The van der Waals surface area contributed by atoms with Crippen molar-refractivity contribution in [3.8, 4) is 5.75 Å². The number of carbonyl (C=O) groups is 2. The number of carboxylic acid groups (broad SMARTS) is 2. The maximum absolute atomic E-state index is 10.2. The number of hydrogen-bond donors (Lipinski definition) is 4. The summed E-state index contributed by atoms with van der Waals surface area (Å²) in [6, 6.07) is 6.33. The number of likely N-dealkylation sites (tertiary alicyclic amines) is 1. The van der Waals surface area contributed by atoms with Gasteiger partial charge in [0.05, 0.1) is 0 Å². The van der Waals surface area contributed by atoms with Gasteiger partial charge in [-0.3, -0.25) is 0 Å². The fourth-order valence-electron chi connectivity index (χ4n) is 3.58. The van der Waals surface area contributed by atoms with Crippen molar-refractivity contribution in [3.05, 3.63) is 29.3 Å². The Morgan fingerprint density at radius 2 is 1.70 bits per heavy atom. The topological polar surface area (TPSA) is 119 Å². The SMILES string of the molecule is Cc1cc(C(C)(C)C)ccc1OCC(O)CNCCCN1CCCCCC1.O=C(O)C(=O)O. The van der Waals surface area contributed by atoms with Gasteiger partial charge in [-0.2, -0.15) is 0 Å². The van der Waals surface area contributed by atoms with E-state index < -0.39 is 18.0 Å². The molecule has 1 aromatic rings. The summed E-state index contributed by atoms with van der Waals surface area (Å²) in [5, 5.41) is 28.3. The first kappa shape index (κ1) is 28.9. The fourth-order valence-corrected chi connectivity index (χ4v) is 3.58. The maximum atomic E-state index is 10.2. The molecule has 1 saturated heterocycles. The molecule has 0 amide bonds. The van der Waals surface area contributed by atoms with Crippen molar-refractivity contribution < 1.29 is 29.6 Å². The minimum atomic E-state index is -1.82. The minimum absolute atomic E-state index is 0.139. The lowest BCUT2D eigenvalue weighted by Crippen LogP contribution is -2.34. The zero-order chi connectivity index (χ0) is 24.9. The number of aliphatic hydroxyl groups excluding tert-OH is 1. The lowest BCUT2D eigenvalue weighted by Gasteiger charge is -2.21. The number of aliphatic carboxylic acids is 2. The third kappa shape index (κ3) is 12.6. The Kier molecular flexibility index (Phi) is 13.0. The molecule has 1 aliphatic rings. The van der Waals surface area contributed by atoms with Crippen LogP contribution < -0.4 is 10.1 Å². The second-order valence-corrected chi connectivity index (χ2v) is 9.62. The summed E-state index contributed by atoms with van der Waals surface area (Å²) < 4.78 is 5.83. The second-order valence-electron chi connectivity index (χ2n) is 9.62. The second kappa shape index (κ2) is 14.9. The number of aryl methyl sites for hydroxylation is 1. The normalized spacial score (nSPS) is 15.7. The van der Waals surface area contributed by atoms with E-state index >= 15 is 0 Å². The van der Waals surface area contributed by atoms with Crippen LogP contribution in [0.15, 0.2) is 18.2 Å². The van der Waals surface area contributed by atoms with E-state index in [2.05, 4.69) is 50.0 Å². The highest BCUT2D eigenvalue weighted by Gasteiger charge is 2.15. The molecule has 4 N–H and O–H groups in total. The van der Waals surface area contributed by atoms with Gasteiger partial charge in [0.15, 0.2) is 0 Å². The third-order valence-electron chi connectivity index (χ3n) is 5.56. The highest BCUT2D eigenvalue weighted by Crippen LogP contribution is 2.27. The van der Waals surface area contributed by atoms with Gasteiger partial charge in [-0.1, -0.05) is 45.7 Å². The number of carboxylic acids is 2. The number of benzene rings is 1. The van der Waals surface area contributed by atoms with E-state index in [0.29, 0.717) is 13.2 Å². The zero-order valence-electron chi connectivity index (χ0n) is 20.6. The van der Waals surface area contributed by atoms with Crippen LogP contribution in [0.3, 0.4) is 0 Å². The van der Waals surface area contributed by atoms with Gasteiger partial charge in [0.1, 0.15) is 18.5 Å². The van der Waals surface area contributed by atoms with Gasteiger partial charge < -0.3 is 30.3 Å². The Morgan fingerprint density at radius 1 is 1.09 bits per heavy atom. The molecule has 1 fully saturated rings. The smallest absolute Gasteiger partial charge is 0.414 e. The molecule has 8 heteroatoms. The Balaban J connectivity index is 0.000000801. The first-order valence-electron chi connectivity index (χ1n) is 11.8. The Hall–Kier alpha value is -2.16. The summed E-state index contributed by atoms with van der Waals surface area (Å²) in [5.74, 6) is -2.78. The maximum Gasteiger partial charge on any atom is 0.414 e. The fraction of sp³-hybridized carbons (Fsp3) is 0.680. The summed E-state index contributed by atoms with van der Waals surface area (Å²) in [4.78, 5) is 20.8. The summed E-state index contributed by atoms with van der Waals surface area (Å²) in [7, 11) is 0. The van der Waals surface area contributed by atoms with Crippen LogP contribution in [0.4, 0.5) is 0 Å². The first-order chi connectivity index (χ1) is 15.5. The largest absolute Gasteiger partial charge is 0.491 e. The summed E-state index contributed by atoms with van der Waals surface area (Å²) in [5.41, 5.74) is 2.57. The van der Waals surface area contributed by atoms with Gasteiger partial charge in [0, 0.05) is 6.54 Å². The molecule has 1 aliphatic heterocycles. The molecule has 1 heterocycles. The molecule has 33 heavy (non-hydrogen) atoms. The number of rotatable bonds is 9. The molecule has 2 rings (SSSR count). The molecular weight excluding hydrogens is 424 g/mol. The summed E-state index contributed by atoms with van der Waals surface area (Å²) in [6.07, 6.45) is 6.13. The molecule has 1 unspecified atom stereocenters. The van der Waals surface area contributed by atoms with Gasteiger partial charge in [-0.05, 0) is 75.0 Å². The minimum Gasteiger partial charge on any atom is -0.491 e. The van der Waals surface area contributed by atoms with Crippen LogP contribution in [0.2, 0.25) is 0 Å². The highest BCUT2D eigenvalue weighted by molar-refractivity contribution is 6.27. The van der Waals surface area contributed by atoms with E-state index in [1.165, 1.54) is 50.9 Å². The molecule has 1 atom stereocenters. The van der Waals surface area contributed by atoms with Crippen molar-refractivity contribution in [1.82, 2.24) is 10.2 Å². The lowest BCUT2D eigenvalue weighted by molar-refractivity contribution is -0.159. The van der Waals surface area contributed by atoms with Crippen molar-refractivity contribution in [1.29, 1.82) is 0 Å². The summed E-state index contributed by atoms with van der Waals surface area (Å²) in [6.45, 7) is 14.2. The lowest BCUT2D eigenvalue weighted by atomic mass is 9.86. The van der Waals surface area contributed by atoms with Gasteiger partial charge in [0.25, 0.3) is 0 Å². The van der Waals surface area contributed by atoms with E-state index in [1.807, 2.05) is 6.07 Å². The van der Waals surface area contributed by atoms with Gasteiger partial charge in [-0.25, -0.2) is 9.59 Å². The zero-order valence-corrected chi connectivity index (χ0v) is 20.6. The monoisotopic (exact) mass is 466 g/mol. The molecule has 188 valence electrons. The average Bonchev–Trinajstić information content (AvgIpc) is 3.01. The Labute approximate surface area is 197 Å². The molecule has 0 aliphatic carbocycles. The summed E-state index contributed by atoms with van der Waals surface area (Å²) >= 11 is 0. The van der Waals surface area contributed by atoms with Crippen molar-refractivity contribution in [2.24, 2.45) is 0 Å². The number of nitrogens with one attached hydrogen (secondary N) is 1. The molecule has 0 spiro atoms.